The van der Waals surface area contributed by atoms with Crippen LogP contribution in [0.3, 0.4) is 0 Å². The Morgan fingerprint density at radius 2 is 1.81 bits per heavy atom. The van der Waals surface area contributed by atoms with Gasteiger partial charge in [-0.3, -0.25) is 4.79 Å². The molecule has 134 valence electrons. The Balaban J connectivity index is 1.50. The lowest BCUT2D eigenvalue weighted by Crippen LogP contribution is -2.39. The molecule has 0 saturated carbocycles. The lowest BCUT2D eigenvalue weighted by molar-refractivity contribution is -0.134. The average Bonchev–Trinajstić information content (AvgIpc) is 2.98. The summed E-state index contributed by atoms with van der Waals surface area (Å²) in [4.78, 5) is 14.6. The number of carbonyl (C=O) groups excluding carboxylic acids is 1. The standard InChI is InChI=1S/C21H22N2O3/c1-22-17-8-4-3-7-15(17)16-13-23(12-11-18(16)22)21(24)14-26-20-10-6-5-9-19(20)25-2/h3-10H,11-14H2,1-2H3. The quantitative estimate of drug-likeness (QED) is 0.726. The van der Waals surface area contributed by atoms with Crippen molar-refractivity contribution in [2.75, 3.05) is 20.3 Å². The van der Waals surface area contributed by atoms with Crippen molar-refractivity contribution in [1.29, 1.82) is 0 Å². The third kappa shape index (κ3) is 2.79. The molecule has 5 heteroatoms. The predicted octanol–water partition coefficient (Wildman–Crippen LogP) is 3.15. The minimum absolute atomic E-state index is 0.00510. The number of hydrogen-bond donors (Lipinski definition) is 0. The number of benzene rings is 2. The van der Waals surface area contributed by atoms with E-state index in [1.54, 1.807) is 7.11 Å². The number of aromatic nitrogens is 1. The lowest BCUT2D eigenvalue weighted by atomic mass is 10.0. The van der Waals surface area contributed by atoms with Crippen LogP contribution in [0.2, 0.25) is 0 Å². The van der Waals surface area contributed by atoms with Gasteiger partial charge in [0, 0.05) is 48.7 Å². The largest absolute Gasteiger partial charge is 0.493 e. The zero-order valence-electron chi connectivity index (χ0n) is 15.1. The Morgan fingerprint density at radius 1 is 1.08 bits per heavy atom. The molecule has 0 spiro atoms. The van der Waals surface area contributed by atoms with Crippen LogP contribution in [-0.4, -0.2) is 35.6 Å². The van der Waals surface area contributed by atoms with Gasteiger partial charge >= 0.3 is 0 Å². The van der Waals surface area contributed by atoms with Crippen molar-refractivity contribution in [2.24, 2.45) is 7.05 Å². The van der Waals surface area contributed by atoms with E-state index >= 15 is 0 Å². The van der Waals surface area contributed by atoms with E-state index in [1.165, 1.54) is 22.2 Å². The first-order chi connectivity index (χ1) is 12.7. The van der Waals surface area contributed by atoms with Crippen LogP contribution in [0.15, 0.2) is 48.5 Å². The number of carbonyl (C=O) groups is 1. The summed E-state index contributed by atoms with van der Waals surface area (Å²) in [5.41, 5.74) is 3.79. The van der Waals surface area contributed by atoms with E-state index in [4.69, 9.17) is 9.47 Å². The maximum atomic E-state index is 12.7. The van der Waals surface area contributed by atoms with Gasteiger partial charge in [0.2, 0.25) is 0 Å². The number of methoxy groups -OCH3 is 1. The van der Waals surface area contributed by atoms with Crippen molar-refractivity contribution in [3.63, 3.8) is 0 Å². The van der Waals surface area contributed by atoms with E-state index in [0.717, 1.165) is 6.42 Å². The zero-order chi connectivity index (χ0) is 18.1. The third-order valence-electron chi connectivity index (χ3n) is 5.08. The summed E-state index contributed by atoms with van der Waals surface area (Å²) in [6.45, 7) is 1.36. The molecule has 0 bridgehead atoms. The molecule has 2 heterocycles. The van der Waals surface area contributed by atoms with Crippen molar-refractivity contribution in [3.8, 4) is 11.5 Å². The second-order valence-electron chi connectivity index (χ2n) is 6.51. The second-order valence-corrected chi connectivity index (χ2v) is 6.51. The van der Waals surface area contributed by atoms with Crippen molar-refractivity contribution < 1.29 is 14.3 Å². The summed E-state index contributed by atoms with van der Waals surface area (Å²) in [6.07, 6.45) is 0.862. The van der Waals surface area contributed by atoms with E-state index in [2.05, 4.69) is 29.8 Å². The molecule has 3 aromatic rings. The lowest BCUT2D eigenvalue weighted by Gasteiger charge is -2.28. The van der Waals surface area contributed by atoms with Gasteiger partial charge in [0.05, 0.1) is 7.11 Å². The van der Waals surface area contributed by atoms with Crippen LogP contribution in [-0.2, 0) is 24.8 Å². The molecule has 0 atom stereocenters. The molecule has 1 aliphatic heterocycles. The SMILES string of the molecule is COc1ccccc1OCC(=O)N1CCc2c(c3ccccc3n2C)C1. The fraction of sp³-hybridized carbons (Fsp3) is 0.286. The minimum atomic E-state index is -0.00510. The highest BCUT2D eigenvalue weighted by molar-refractivity contribution is 5.87. The van der Waals surface area contributed by atoms with Gasteiger partial charge in [-0.2, -0.15) is 0 Å². The molecular weight excluding hydrogens is 328 g/mol. The number of aryl methyl sites for hydroxylation is 1. The van der Waals surface area contributed by atoms with Crippen molar-refractivity contribution in [3.05, 3.63) is 59.8 Å². The molecule has 26 heavy (non-hydrogen) atoms. The molecule has 2 aromatic carbocycles. The first kappa shape index (κ1) is 16.5. The number of fused-ring (bicyclic) bond motifs is 3. The molecule has 0 fully saturated rings. The van der Waals surface area contributed by atoms with E-state index in [0.29, 0.717) is 24.6 Å². The van der Waals surface area contributed by atoms with Crippen molar-refractivity contribution in [1.82, 2.24) is 9.47 Å². The maximum absolute atomic E-state index is 12.7. The van der Waals surface area contributed by atoms with Gasteiger partial charge in [0.1, 0.15) is 0 Å². The molecule has 0 aliphatic carbocycles. The van der Waals surface area contributed by atoms with E-state index in [1.807, 2.05) is 35.2 Å². The zero-order valence-corrected chi connectivity index (χ0v) is 15.1. The van der Waals surface area contributed by atoms with E-state index in [-0.39, 0.29) is 12.5 Å². The summed E-state index contributed by atoms with van der Waals surface area (Å²) < 4.78 is 13.2. The first-order valence-corrected chi connectivity index (χ1v) is 8.78. The fourth-order valence-electron chi connectivity index (χ4n) is 3.71. The molecule has 1 aliphatic rings. The molecule has 0 unspecified atom stereocenters. The highest BCUT2D eigenvalue weighted by Gasteiger charge is 2.25. The van der Waals surface area contributed by atoms with E-state index < -0.39 is 0 Å². The van der Waals surface area contributed by atoms with Gasteiger partial charge in [-0.1, -0.05) is 30.3 Å². The molecule has 5 nitrogen and oxygen atoms in total. The molecule has 0 N–H and O–H groups in total. The van der Waals surface area contributed by atoms with Crippen LogP contribution in [0.1, 0.15) is 11.3 Å². The summed E-state index contributed by atoms with van der Waals surface area (Å²) in [7, 11) is 3.69. The Bertz CT molecular complexity index is 961. The van der Waals surface area contributed by atoms with Crippen LogP contribution < -0.4 is 9.47 Å². The molecule has 0 radical (unpaired) electrons. The van der Waals surface area contributed by atoms with Crippen LogP contribution in [0.25, 0.3) is 10.9 Å². The summed E-state index contributed by atoms with van der Waals surface area (Å²) in [6, 6.07) is 15.7. The van der Waals surface area contributed by atoms with E-state index in [9.17, 15) is 4.79 Å². The minimum Gasteiger partial charge on any atom is -0.493 e. The van der Waals surface area contributed by atoms with Gasteiger partial charge in [-0.05, 0) is 18.2 Å². The van der Waals surface area contributed by atoms with Gasteiger partial charge in [-0.25, -0.2) is 0 Å². The Labute approximate surface area is 152 Å². The number of para-hydroxylation sites is 3. The summed E-state index contributed by atoms with van der Waals surface area (Å²) >= 11 is 0. The Morgan fingerprint density at radius 3 is 2.62 bits per heavy atom. The van der Waals surface area contributed by atoms with Gasteiger partial charge in [0.25, 0.3) is 5.91 Å². The number of hydrogen-bond acceptors (Lipinski definition) is 3. The van der Waals surface area contributed by atoms with Crippen molar-refractivity contribution in [2.45, 2.75) is 13.0 Å². The third-order valence-corrected chi connectivity index (χ3v) is 5.08. The first-order valence-electron chi connectivity index (χ1n) is 8.78. The Hall–Kier alpha value is -2.95. The summed E-state index contributed by atoms with van der Waals surface area (Å²) in [5.74, 6) is 1.22. The van der Waals surface area contributed by atoms with Crippen LogP contribution in [0, 0.1) is 0 Å². The van der Waals surface area contributed by atoms with Crippen LogP contribution in [0.4, 0.5) is 0 Å². The van der Waals surface area contributed by atoms with Gasteiger partial charge in [0.15, 0.2) is 18.1 Å². The normalized spacial score (nSPS) is 13.5. The second kappa shape index (κ2) is 6.75. The van der Waals surface area contributed by atoms with Gasteiger partial charge in [-0.15, -0.1) is 0 Å². The smallest absolute Gasteiger partial charge is 0.260 e. The van der Waals surface area contributed by atoms with Crippen molar-refractivity contribution >= 4 is 16.8 Å². The highest BCUT2D eigenvalue weighted by Crippen LogP contribution is 2.30. The topological polar surface area (TPSA) is 43.7 Å². The predicted molar refractivity (Wildman–Crippen MR) is 101 cm³/mol. The average molecular weight is 350 g/mol. The summed E-state index contributed by atoms with van der Waals surface area (Å²) in [5, 5.41) is 1.23. The molecule has 0 saturated heterocycles. The molecular formula is C21H22N2O3. The number of rotatable bonds is 4. The monoisotopic (exact) mass is 350 g/mol. The molecule has 1 aromatic heterocycles. The highest BCUT2D eigenvalue weighted by atomic mass is 16.5. The Kier molecular flexibility index (Phi) is 4.29. The van der Waals surface area contributed by atoms with Gasteiger partial charge < -0.3 is 18.9 Å². The maximum Gasteiger partial charge on any atom is 0.260 e. The molecule has 1 amide bonds. The van der Waals surface area contributed by atoms with Crippen LogP contribution >= 0.6 is 0 Å². The van der Waals surface area contributed by atoms with Crippen LogP contribution in [0.5, 0.6) is 11.5 Å². The number of ether oxygens (including phenoxy) is 2. The fourth-order valence-corrected chi connectivity index (χ4v) is 3.71. The molecule has 4 rings (SSSR count). The number of nitrogens with zero attached hydrogens (tertiary/aromatic N) is 2. The number of amides is 1.